The van der Waals surface area contributed by atoms with E-state index in [0.29, 0.717) is 5.75 Å². The highest BCUT2D eigenvalue weighted by atomic mass is 16.5. The van der Waals surface area contributed by atoms with Crippen LogP contribution in [0, 0.1) is 13.8 Å². The summed E-state index contributed by atoms with van der Waals surface area (Å²) >= 11 is 0. The van der Waals surface area contributed by atoms with E-state index >= 15 is 0 Å². The molecule has 1 rings (SSSR count). The molecule has 0 spiro atoms. The van der Waals surface area contributed by atoms with Crippen LogP contribution < -0.4 is 4.74 Å². The highest BCUT2D eigenvalue weighted by Crippen LogP contribution is 2.27. The van der Waals surface area contributed by atoms with E-state index in [1.54, 1.807) is 19.9 Å². The van der Waals surface area contributed by atoms with Crippen molar-refractivity contribution in [3.05, 3.63) is 35.9 Å². The number of hydrogen-bond acceptors (Lipinski definition) is 3. The Labute approximate surface area is 82.6 Å². The van der Waals surface area contributed by atoms with E-state index in [1.807, 2.05) is 0 Å². The molecule has 0 atom stereocenters. The molecule has 1 aromatic rings. The molecular weight excluding hydrogens is 180 g/mol. The van der Waals surface area contributed by atoms with Crippen LogP contribution in [0.3, 0.4) is 0 Å². The Morgan fingerprint density at radius 2 is 2.07 bits per heavy atom. The molecule has 0 aromatic heterocycles. The van der Waals surface area contributed by atoms with Crippen molar-refractivity contribution in [2.24, 2.45) is 0 Å². The number of aryl methyl sites for hydroxylation is 2. The lowest BCUT2D eigenvalue weighted by atomic mass is 10.1. The number of ether oxygens (including phenoxy) is 1. The van der Waals surface area contributed by atoms with Gasteiger partial charge in [0.15, 0.2) is 0 Å². The number of phenolic OH excluding ortho intramolecular Hbond substituents is 1. The van der Waals surface area contributed by atoms with Crippen LogP contribution in [0.2, 0.25) is 0 Å². The quantitative estimate of drug-likeness (QED) is 0.443. The average molecular weight is 192 g/mol. The van der Waals surface area contributed by atoms with Gasteiger partial charge in [0.2, 0.25) is 0 Å². The smallest absolute Gasteiger partial charge is 0.335 e. The van der Waals surface area contributed by atoms with Gasteiger partial charge < -0.3 is 9.84 Å². The molecule has 0 fully saturated rings. The first-order chi connectivity index (χ1) is 6.54. The summed E-state index contributed by atoms with van der Waals surface area (Å²) in [6.45, 7) is 6.87. The molecule has 1 N–H and O–H groups in total. The fraction of sp³-hybridized carbons (Fsp3) is 0.182. The van der Waals surface area contributed by atoms with Gasteiger partial charge in [-0.25, -0.2) is 4.79 Å². The van der Waals surface area contributed by atoms with Gasteiger partial charge in [-0.05, 0) is 31.0 Å². The molecule has 0 amide bonds. The first kappa shape index (κ1) is 10.3. The van der Waals surface area contributed by atoms with E-state index < -0.39 is 5.97 Å². The number of rotatable bonds is 2. The van der Waals surface area contributed by atoms with E-state index in [2.05, 4.69) is 6.58 Å². The maximum absolute atomic E-state index is 10.9. The van der Waals surface area contributed by atoms with Crippen LogP contribution in [0.1, 0.15) is 11.1 Å². The molecule has 0 radical (unpaired) electrons. The number of esters is 1. The van der Waals surface area contributed by atoms with Crippen molar-refractivity contribution in [3.63, 3.8) is 0 Å². The minimum atomic E-state index is -0.531. The fourth-order valence-electron chi connectivity index (χ4n) is 1.08. The van der Waals surface area contributed by atoms with Gasteiger partial charge in [-0.1, -0.05) is 6.58 Å². The molecule has 0 saturated carbocycles. The number of hydrogen-bond donors (Lipinski definition) is 1. The van der Waals surface area contributed by atoms with Crippen molar-refractivity contribution in [2.45, 2.75) is 13.8 Å². The van der Waals surface area contributed by atoms with Gasteiger partial charge in [0, 0.05) is 12.1 Å². The molecule has 14 heavy (non-hydrogen) atoms. The number of phenols is 1. The van der Waals surface area contributed by atoms with E-state index in [9.17, 15) is 9.90 Å². The Morgan fingerprint density at radius 1 is 1.43 bits per heavy atom. The normalized spacial score (nSPS) is 9.57. The SMILES string of the molecule is C=CC(=O)Oc1cc(O)c(C)cc1C. The highest BCUT2D eigenvalue weighted by molar-refractivity contribution is 5.83. The zero-order chi connectivity index (χ0) is 10.7. The topological polar surface area (TPSA) is 46.5 Å². The molecule has 0 heterocycles. The molecule has 3 heteroatoms. The monoisotopic (exact) mass is 192 g/mol. The van der Waals surface area contributed by atoms with Crippen molar-refractivity contribution in [1.82, 2.24) is 0 Å². The number of carbonyl (C=O) groups excluding carboxylic acids is 1. The molecule has 0 aliphatic heterocycles. The summed E-state index contributed by atoms with van der Waals surface area (Å²) in [7, 11) is 0. The Kier molecular flexibility index (Phi) is 2.92. The summed E-state index contributed by atoms with van der Waals surface area (Å²) in [5.41, 5.74) is 1.55. The second-order valence-electron chi connectivity index (χ2n) is 3.03. The third kappa shape index (κ3) is 2.13. The second kappa shape index (κ2) is 3.96. The summed E-state index contributed by atoms with van der Waals surface area (Å²) in [6.07, 6.45) is 1.08. The first-order valence-electron chi connectivity index (χ1n) is 4.19. The van der Waals surface area contributed by atoms with E-state index in [1.165, 1.54) is 6.07 Å². The molecule has 0 aliphatic rings. The Hall–Kier alpha value is -1.77. The van der Waals surface area contributed by atoms with Crippen molar-refractivity contribution in [2.75, 3.05) is 0 Å². The maximum Gasteiger partial charge on any atom is 0.335 e. The molecule has 0 unspecified atom stereocenters. The van der Waals surface area contributed by atoms with Crippen molar-refractivity contribution in [3.8, 4) is 11.5 Å². The summed E-state index contributed by atoms with van der Waals surface area (Å²) < 4.78 is 4.91. The first-order valence-corrected chi connectivity index (χ1v) is 4.19. The van der Waals surface area contributed by atoms with Crippen LogP contribution in [-0.4, -0.2) is 11.1 Å². The molecule has 0 bridgehead atoms. The molecule has 74 valence electrons. The van der Waals surface area contributed by atoms with Gasteiger partial charge in [0.05, 0.1) is 0 Å². The molecule has 3 nitrogen and oxygen atoms in total. The number of benzene rings is 1. The van der Waals surface area contributed by atoms with Gasteiger partial charge >= 0.3 is 5.97 Å². The van der Waals surface area contributed by atoms with Crippen LogP contribution in [0.25, 0.3) is 0 Å². The third-order valence-electron chi connectivity index (χ3n) is 1.87. The standard InChI is InChI=1S/C11H12O3/c1-4-11(13)14-10-6-9(12)7(2)5-8(10)3/h4-6,12H,1H2,2-3H3. The van der Waals surface area contributed by atoms with Gasteiger partial charge in [-0.3, -0.25) is 0 Å². The molecular formula is C11H12O3. The van der Waals surface area contributed by atoms with E-state index in [0.717, 1.165) is 17.2 Å². The van der Waals surface area contributed by atoms with Crippen LogP contribution >= 0.6 is 0 Å². The number of aromatic hydroxyl groups is 1. The lowest BCUT2D eigenvalue weighted by molar-refractivity contribution is -0.129. The summed E-state index contributed by atoms with van der Waals surface area (Å²) in [4.78, 5) is 10.9. The summed E-state index contributed by atoms with van der Waals surface area (Å²) in [5.74, 6) is -0.0585. The largest absolute Gasteiger partial charge is 0.508 e. The van der Waals surface area contributed by atoms with E-state index in [-0.39, 0.29) is 5.75 Å². The van der Waals surface area contributed by atoms with Crippen molar-refractivity contribution < 1.29 is 14.6 Å². The van der Waals surface area contributed by atoms with Crippen LogP contribution in [0.5, 0.6) is 11.5 Å². The van der Waals surface area contributed by atoms with Gasteiger partial charge in [0.25, 0.3) is 0 Å². The Bertz CT molecular complexity index is 380. The summed E-state index contributed by atoms with van der Waals surface area (Å²) in [5, 5.41) is 9.39. The lowest BCUT2D eigenvalue weighted by Gasteiger charge is -2.07. The number of carbonyl (C=O) groups is 1. The molecule has 0 aliphatic carbocycles. The Balaban J connectivity index is 3.03. The van der Waals surface area contributed by atoms with Crippen LogP contribution in [0.15, 0.2) is 24.8 Å². The predicted octanol–water partition coefficient (Wildman–Crippen LogP) is 2.10. The van der Waals surface area contributed by atoms with Crippen LogP contribution in [-0.2, 0) is 4.79 Å². The fourth-order valence-corrected chi connectivity index (χ4v) is 1.08. The lowest BCUT2D eigenvalue weighted by Crippen LogP contribution is -2.04. The summed E-state index contributed by atoms with van der Waals surface area (Å²) in [6, 6.07) is 3.17. The third-order valence-corrected chi connectivity index (χ3v) is 1.87. The molecule has 0 saturated heterocycles. The van der Waals surface area contributed by atoms with E-state index in [4.69, 9.17) is 4.74 Å². The van der Waals surface area contributed by atoms with Gasteiger partial charge in [-0.2, -0.15) is 0 Å². The zero-order valence-electron chi connectivity index (χ0n) is 8.20. The predicted molar refractivity (Wildman–Crippen MR) is 53.4 cm³/mol. The molecule has 1 aromatic carbocycles. The minimum absolute atomic E-state index is 0.113. The van der Waals surface area contributed by atoms with Crippen molar-refractivity contribution in [1.29, 1.82) is 0 Å². The van der Waals surface area contributed by atoms with Crippen LogP contribution in [0.4, 0.5) is 0 Å². The Morgan fingerprint density at radius 3 is 2.64 bits per heavy atom. The highest BCUT2D eigenvalue weighted by Gasteiger charge is 2.07. The average Bonchev–Trinajstić information content (AvgIpc) is 2.14. The second-order valence-corrected chi connectivity index (χ2v) is 3.03. The zero-order valence-corrected chi connectivity index (χ0v) is 8.20. The van der Waals surface area contributed by atoms with Gasteiger partial charge in [0.1, 0.15) is 11.5 Å². The van der Waals surface area contributed by atoms with Crippen molar-refractivity contribution >= 4 is 5.97 Å². The van der Waals surface area contributed by atoms with Gasteiger partial charge in [-0.15, -0.1) is 0 Å². The minimum Gasteiger partial charge on any atom is -0.508 e. The maximum atomic E-state index is 10.9.